The van der Waals surface area contributed by atoms with Gasteiger partial charge in [0, 0.05) is 36.7 Å². The number of carbonyl (C=O) groups is 1. The molecule has 1 fully saturated rings. The highest BCUT2D eigenvalue weighted by Gasteiger charge is 2.18. The SMILES string of the molecule is O=C(c1ccc(Nc2cnccn2)cc1)N1CCOCC1. The van der Waals surface area contributed by atoms with E-state index in [1.165, 1.54) is 0 Å². The van der Waals surface area contributed by atoms with E-state index in [2.05, 4.69) is 15.3 Å². The van der Waals surface area contributed by atoms with Crippen molar-refractivity contribution < 1.29 is 9.53 Å². The van der Waals surface area contributed by atoms with Crippen LogP contribution in [0.25, 0.3) is 0 Å². The lowest BCUT2D eigenvalue weighted by Crippen LogP contribution is -2.40. The first-order valence-electron chi connectivity index (χ1n) is 6.83. The second-order valence-corrected chi connectivity index (χ2v) is 4.70. The number of carbonyl (C=O) groups excluding carboxylic acids is 1. The minimum absolute atomic E-state index is 0.0457. The molecule has 0 radical (unpaired) electrons. The molecule has 2 heterocycles. The second-order valence-electron chi connectivity index (χ2n) is 4.70. The molecule has 1 aromatic heterocycles. The highest BCUT2D eigenvalue weighted by Crippen LogP contribution is 2.15. The third-order valence-electron chi connectivity index (χ3n) is 3.27. The standard InChI is InChI=1S/C15H16N4O2/c20-15(19-7-9-21-10-8-19)12-1-3-13(4-2-12)18-14-11-16-5-6-17-14/h1-6,11H,7-10H2,(H,17,18). The molecule has 108 valence electrons. The summed E-state index contributed by atoms with van der Waals surface area (Å²) in [6.45, 7) is 2.52. The number of hydrogen-bond acceptors (Lipinski definition) is 5. The zero-order chi connectivity index (χ0) is 14.5. The lowest BCUT2D eigenvalue weighted by Gasteiger charge is -2.26. The number of anilines is 2. The molecular weight excluding hydrogens is 268 g/mol. The Labute approximate surface area is 122 Å². The Hall–Kier alpha value is -2.47. The summed E-state index contributed by atoms with van der Waals surface area (Å²) in [5, 5.41) is 3.13. The van der Waals surface area contributed by atoms with Gasteiger partial charge in [-0.25, -0.2) is 4.98 Å². The summed E-state index contributed by atoms with van der Waals surface area (Å²) in [6.07, 6.45) is 4.89. The van der Waals surface area contributed by atoms with E-state index in [1.807, 2.05) is 29.2 Å². The van der Waals surface area contributed by atoms with Crippen LogP contribution in [0.15, 0.2) is 42.9 Å². The Morgan fingerprint density at radius 1 is 1.14 bits per heavy atom. The Bertz CT molecular complexity index is 595. The minimum atomic E-state index is 0.0457. The Morgan fingerprint density at radius 3 is 2.57 bits per heavy atom. The maximum absolute atomic E-state index is 12.3. The molecule has 0 spiro atoms. The molecule has 1 aliphatic rings. The molecule has 6 heteroatoms. The van der Waals surface area contributed by atoms with Crippen molar-refractivity contribution in [1.29, 1.82) is 0 Å². The topological polar surface area (TPSA) is 67.4 Å². The molecule has 0 aliphatic carbocycles. The first-order valence-corrected chi connectivity index (χ1v) is 6.83. The van der Waals surface area contributed by atoms with Gasteiger partial charge in [-0.05, 0) is 24.3 Å². The van der Waals surface area contributed by atoms with Crippen LogP contribution in [0.2, 0.25) is 0 Å². The van der Waals surface area contributed by atoms with Crippen molar-refractivity contribution >= 4 is 17.4 Å². The molecule has 21 heavy (non-hydrogen) atoms. The van der Waals surface area contributed by atoms with Crippen molar-refractivity contribution in [2.75, 3.05) is 31.6 Å². The minimum Gasteiger partial charge on any atom is -0.378 e. The van der Waals surface area contributed by atoms with Crippen molar-refractivity contribution in [3.8, 4) is 0 Å². The summed E-state index contributed by atoms with van der Waals surface area (Å²) in [4.78, 5) is 22.2. The third kappa shape index (κ3) is 3.35. The maximum atomic E-state index is 12.3. The molecule has 3 rings (SSSR count). The summed E-state index contributed by atoms with van der Waals surface area (Å²) in [7, 11) is 0. The zero-order valence-electron chi connectivity index (χ0n) is 11.5. The fourth-order valence-electron chi connectivity index (χ4n) is 2.16. The maximum Gasteiger partial charge on any atom is 0.254 e. The van der Waals surface area contributed by atoms with E-state index in [4.69, 9.17) is 4.74 Å². The molecule has 6 nitrogen and oxygen atoms in total. The van der Waals surface area contributed by atoms with E-state index >= 15 is 0 Å². The van der Waals surface area contributed by atoms with E-state index < -0.39 is 0 Å². The van der Waals surface area contributed by atoms with Crippen molar-refractivity contribution in [2.24, 2.45) is 0 Å². The van der Waals surface area contributed by atoms with Crippen LogP contribution in [0.3, 0.4) is 0 Å². The molecule has 1 aliphatic heterocycles. The number of amides is 1. The predicted octanol–water partition coefficient (Wildman–Crippen LogP) is 1.69. The fraction of sp³-hybridized carbons (Fsp3) is 0.267. The van der Waals surface area contributed by atoms with Gasteiger partial charge in [-0.15, -0.1) is 0 Å². The van der Waals surface area contributed by atoms with Crippen molar-refractivity contribution in [3.05, 3.63) is 48.4 Å². The van der Waals surface area contributed by atoms with Crippen molar-refractivity contribution in [3.63, 3.8) is 0 Å². The molecule has 0 bridgehead atoms. The quantitative estimate of drug-likeness (QED) is 0.929. The van der Waals surface area contributed by atoms with E-state index in [-0.39, 0.29) is 5.91 Å². The average molecular weight is 284 g/mol. The van der Waals surface area contributed by atoms with Gasteiger partial charge in [-0.2, -0.15) is 0 Å². The van der Waals surface area contributed by atoms with E-state index in [0.29, 0.717) is 37.7 Å². The number of nitrogens with zero attached hydrogens (tertiary/aromatic N) is 3. The first-order chi connectivity index (χ1) is 10.3. The van der Waals surface area contributed by atoms with E-state index in [0.717, 1.165) is 5.69 Å². The normalized spacial score (nSPS) is 14.8. The van der Waals surface area contributed by atoms with Gasteiger partial charge in [0.25, 0.3) is 5.91 Å². The Balaban J connectivity index is 1.67. The van der Waals surface area contributed by atoms with Crippen molar-refractivity contribution in [1.82, 2.24) is 14.9 Å². The van der Waals surface area contributed by atoms with Gasteiger partial charge in [0.1, 0.15) is 5.82 Å². The number of rotatable bonds is 3. The number of benzene rings is 1. The van der Waals surface area contributed by atoms with Gasteiger partial charge in [0.05, 0.1) is 19.4 Å². The van der Waals surface area contributed by atoms with E-state index in [1.54, 1.807) is 18.6 Å². The molecule has 0 unspecified atom stereocenters. The molecule has 2 aromatic rings. The van der Waals surface area contributed by atoms with Crippen LogP contribution < -0.4 is 5.32 Å². The highest BCUT2D eigenvalue weighted by atomic mass is 16.5. The number of nitrogens with one attached hydrogen (secondary N) is 1. The average Bonchev–Trinajstić information content (AvgIpc) is 2.57. The fourth-order valence-corrected chi connectivity index (χ4v) is 2.16. The zero-order valence-corrected chi connectivity index (χ0v) is 11.5. The summed E-state index contributed by atoms with van der Waals surface area (Å²) in [6, 6.07) is 7.36. The number of ether oxygens (including phenoxy) is 1. The Morgan fingerprint density at radius 2 is 1.90 bits per heavy atom. The van der Waals surface area contributed by atoms with Crippen LogP contribution in [0, 0.1) is 0 Å². The van der Waals surface area contributed by atoms with E-state index in [9.17, 15) is 4.79 Å². The van der Waals surface area contributed by atoms with Crippen LogP contribution >= 0.6 is 0 Å². The predicted molar refractivity (Wildman–Crippen MR) is 78.5 cm³/mol. The van der Waals surface area contributed by atoms with Crippen LogP contribution in [0.5, 0.6) is 0 Å². The van der Waals surface area contributed by atoms with Gasteiger partial charge in [0.15, 0.2) is 0 Å². The van der Waals surface area contributed by atoms with Gasteiger partial charge < -0.3 is 15.0 Å². The summed E-state index contributed by atoms with van der Waals surface area (Å²) >= 11 is 0. The monoisotopic (exact) mass is 284 g/mol. The number of aromatic nitrogens is 2. The third-order valence-corrected chi connectivity index (χ3v) is 3.27. The van der Waals surface area contributed by atoms with Crippen LogP contribution in [0.4, 0.5) is 11.5 Å². The summed E-state index contributed by atoms with van der Waals surface area (Å²) < 4.78 is 5.25. The van der Waals surface area contributed by atoms with Gasteiger partial charge in [-0.1, -0.05) is 0 Å². The van der Waals surface area contributed by atoms with Gasteiger partial charge in [0.2, 0.25) is 0 Å². The lowest BCUT2D eigenvalue weighted by atomic mass is 10.1. The van der Waals surface area contributed by atoms with Crippen LogP contribution in [-0.4, -0.2) is 47.1 Å². The molecule has 1 N–H and O–H groups in total. The van der Waals surface area contributed by atoms with Gasteiger partial charge in [-0.3, -0.25) is 9.78 Å². The van der Waals surface area contributed by atoms with Crippen LogP contribution in [0.1, 0.15) is 10.4 Å². The summed E-state index contributed by atoms with van der Waals surface area (Å²) in [5.74, 6) is 0.717. The number of morpholine rings is 1. The molecule has 1 saturated heterocycles. The highest BCUT2D eigenvalue weighted by molar-refractivity contribution is 5.94. The second kappa shape index (κ2) is 6.32. The molecule has 0 atom stereocenters. The van der Waals surface area contributed by atoms with Gasteiger partial charge >= 0.3 is 0 Å². The lowest BCUT2D eigenvalue weighted by molar-refractivity contribution is 0.0303. The van der Waals surface area contributed by atoms with Crippen LogP contribution in [-0.2, 0) is 4.74 Å². The Kier molecular flexibility index (Phi) is 4.07. The smallest absolute Gasteiger partial charge is 0.254 e. The largest absolute Gasteiger partial charge is 0.378 e. The van der Waals surface area contributed by atoms with Crippen molar-refractivity contribution in [2.45, 2.75) is 0 Å². The molecule has 0 saturated carbocycles. The molecule has 1 aromatic carbocycles. The first kappa shape index (κ1) is 13.5. The molecule has 1 amide bonds. The summed E-state index contributed by atoms with van der Waals surface area (Å²) in [5.41, 5.74) is 1.55. The number of hydrogen-bond donors (Lipinski definition) is 1. The molecular formula is C15H16N4O2.